The van der Waals surface area contributed by atoms with E-state index in [1.807, 2.05) is 0 Å². The van der Waals surface area contributed by atoms with E-state index in [9.17, 15) is 9.59 Å². The summed E-state index contributed by atoms with van der Waals surface area (Å²) in [7, 11) is 1.61. The van der Waals surface area contributed by atoms with Crippen molar-refractivity contribution in [3.63, 3.8) is 0 Å². The summed E-state index contributed by atoms with van der Waals surface area (Å²) in [4.78, 5) is 28.2. The third kappa shape index (κ3) is 3.08. The van der Waals surface area contributed by atoms with Gasteiger partial charge in [-0.05, 0) is 56.1 Å². The van der Waals surface area contributed by atoms with Crippen LogP contribution in [0.5, 0.6) is 11.5 Å². The molecule has 0 radical (unpaired) electrons. The summed E-state index contributed by atoms with van der Waals surface area (Å²) in [6.07, 6.45) is 5.86. The van der Waals surface area contributed by atoms with Crippen LogP contribution < -0.4 is 14.8 Å². The third-order valence-electron chi connectivity index (χ3n) is 7.55. The molecule has 1 aromatic carbocycles. The van der Waals surface area contributed by atoms with Crippen LogP contribution in [0.15, 0.2) is 18.2 Å². The molecule has 29 heavy (non-hydrogen) atoms. The highest BCUT2D eigenvalue weighted by atomic mass is 16.5. The van der Waals surface area contributed by atoms with Gasteiger partial charge in [-0.25, -0.2) is 0 Å². The summed E-state index contributed by atoms with van der Waals surface area (Å²) < 4.78 is 11.8. The molecule has 5 aliphatic rings. The number of carbonyl (C=O) groups is 2. The number of rotatable bonds is 2. The molecule has 1 spiro atoms. The van der Waals surface area contributed by atoms with Gasteiger partial charge in [0.2, 0.25) is 5.91 Å². The first-order chi connectivity index (χ1) is 14.0. The average Bonchev–Trinajstić information content (AvgIpc) is 2.73. The number of methoxy groups -OCH3 is 1. The number of carbonyl (C=O) groups excluding carboxylic acids is 2. The van der Waals surface area contributed by atoms with Gasteiger partial charge in [0.05, 0.1) is 12.7 Å². The fraction of sp³-hybridized carbons (Fsp3) is 0.652. The summed E-state index contributed by atoms with van der Waals surface area (Å²) in [5.41, 5.74) is -0.140. The van der Waals surface area contributed by atoms with Gasteiger partial charge in [-0.3, -0.25) is 9.59 Å². The lowest BCUT2D eigenvalue weighted by Gasteiger charge is -2.55. The van der Waals surface area contributed by atoms with Gasteiger partial charge in [-0.2, -0.15) is 0 Å². The van der Waals surface area contributed by atoms with Crippen molar-refractivity contribution in [3.8, 4) is 11.5 Å². The molecule has 6 heteroatoms. The van der Waals surface area contributed by atoms with Crippen LogP contribution in [0.25, 0.3) is 0 Å². The maximum Gasteiger partial charge on any atom is 0.258 e. The molecule has 4 fully saturated rings. The van der Waals surface area contributed by atoms with Crippen molar-refractivity contribution in [1.82, 2.24) is 10.2 Å². The van der Waals surface area contributed by atoms with Gasteiger partial charge in [0.15, 0.2) is 5.72 Å². The molecule has 2 amide bonds. The van der Waals surface area contributed by atoms with Gasteiger partial charge in [0.25, 0.3) is 5.91 Å². The van der Waals surface area contributed by atoms with Gasteiger partial charge in [-0.15, -0.1) is 0 Å². The van der Waals surface area contributed by atoms with Crippen molar-refractivity contribution < 1.29 is 19.1 Å². The van der Waals surface area contributed by atoms with Crippen LogP contribution >= 0.6 is 0 Å². The van der Waals surface area contributed by atoms with Gasteiger partial charge in [-0.1, -0.05) is 6.92 Å². The first-order valence-electron chi connectivity index (χ1n) is 11.0. The van der Waals surface area contributed by atoms with Crippen LogP contribution in [0.4, 0.5) is 0 Å². The second-order valence-electron chi connectivity index (χ2n) is 9.42. The maximum absolute atomic E-state index is 13.3. The summed E-state index contributed by atoms with van der Waals surface area (Å²) in [6.45, 7) is 4.01. The topological polar surface area (TPSA) is 67.9 Å². The van der Waals surface area contributed by atoms with E-state index in [2.05, 4.69) is 17.1 Å². The first-order valence-corrected chi connectivity index (χ1v) is 11.0. The van der Waals surface area contributed by atoms with Crippen LogP contribution in [-0.4, -0.2) is 42.6 Å². The Bertz CT molecular complexity index is 840. The maximum atomic E-state index is 13.3. The lowest BCUT2D eigenvalue weighted by molar-refractivity contribution is -0.156. The molecule has 1 aromatic rings. The largest absolute Gasteiger partial charge is 0.497 e. The second kappa shape index (κ2) is 6.92. The number of likely N-dealkylation sites (tertiary alicyclic amines) is 1. The molecule has 156 valence electrons. The lowest BCUT2D eigenvalue weighted by Crippen LogP contribution is -2.67. The normalized spacial score (nSPS) is 35.7. The van der Waals surface area contributed by atoms with Gasteiger partial charge in [0, 0.05) is 37.4 Å². The van der Waals surface area contributed by atoms with Crippen molar-refractivity contribution in [2.75, 3.05) is 20.2 Å². The summed E-state index contributed by atoms with van der Waals surface area (Å²) >= 11 is 0. The number of ether oxygens (including phenoxy) is 2. The SMILES string of the molecule is COc1ccc2c(c1)O[C@]1(C[C@H]3CC[C@H]1C[C@@H]3C(=O)N1CCC[C@@H](C)C1)NC2=O. The van der Waals surface area contributed by atoms with Crippen molar-refractivity contribution in [1.29, 1.82) is 0 Å². The molecule has 2 bridgehead atoms. The molecule has 0 unspecified atom stereocenters. The Labute approximate surface area is 171 Å². The Hall–Kier alpha value is -2.24. The molecular weight excluding hydrogens is 368 g/mol. The predicted molar refractivity (Wildman–Crippen MR) is 108 cm³/mol. The fourth-order valence-electron chi connectivity index (χ4n) is 6.04. The molecule has 5 atom stereocenters. The number of fused-ring (bicyclic) bond motifs is 3. The number of piperidine rings is 1. The Morgan fingerprint density at radius 2 is 2.17 bits per heavy atom. The highest BCUT2D eigenvalue weighted by molar-refractivity contribution is 5.98. The van der Waals surface area contributed by atoms with E-state index in [4.69, 9.17) is 9.47 Å². The van der Waals surface area contributed by atoms with Crippen molar-refractivity contribution in [2.24, 2.45) is 23.7 Å². The Morgan fingerprint density at radius 3 is 2.90 bits per heavy atom. The van der Waals surface area contributed by atoms with E-state index in [1.165, 1.54) is 6.42 Å². The van der Waals surface area contributed by atoms with Crippen LogP contribution in [0, 0.1) is 23.7 Å². The minimum Gasteiger partial charge on any atom is -0.497 e. The van der Waals surface area contributed by atoms with Gasteiger partial charge in [0.1, 0.15) is 11.5 Å². The van der Waals surface area contributed by atoms with Gasteiger partial charge < -0.3 is 19.7 Å². The molecule has 6 nitrogen and oxygen atoms in total. The summed E-state index contributed by atoms with van der Waals surface area (Å²) in [5, 5.41) is 3.18. The summed E-state index contributed by atoms with van der Waals surface area (Å²) in [5.74, 6) is 2.59. The van der Waals surface area contributed by atoms with Crippen LogP contribution in [0.1, 0.15) is 55.8 Å². The Kier molecular flexibility index (Phi) is 4.48. The quantitative estimate of drug-likeness (QED) is 0.831. The molecule has 2 heterocycles. The zero-order valence-electron chi connectivity index (χ0n) is 17.3. The highest BCUT2D eigenvalue weighted by Crippen LogP contribution is 2.53. The molecule has 3 saturated carbocycles. The van der Waals surface area contributed by atoms with E-state index in [0.29, 0.717) is 35.3 Å². The highest BCUT2D eigenvalue weighted by Gasteiger charge is 2.57. The standard InChI is InChI=1S/C23H30N2O4/c1-14-4-3-9-25(13-14)22(27)19-10-16-6-5-15(19)12-23(16)24-21(26)18-8-7-17(28-2)11-20(18)29-23/h7-8,11,14-16,19H,3-6,9-10,12-13H2,1-2H3,(H,24,26)/t14-,15-,16+,19+,23+/m1/s1. The number of benzene rings is 1. The zero-order valence-corrected chi connectivity index (χ0v) is 17.3. The Morgan fingerprint density at radius 1 is 1.31 bits per heavy atom. The molecule has 2 aliphatic heterocycles. The predicted octanol–water partition coefficient (Wildman–Crippen LogP) is 3.21. The molecule has 3 aliphatic carbocycles. The van der Waals surface area contributed by atoms with E-state index < -0.39 is 5.72 Å². The minimum absolute atomic E-state index is 0.0666. The second-order valence-corrected chi connectivity index (χ2v) is 9.42. The monoisotopic (exact) mass is 398 g/mol. The van der Waals surface area contributed by atoms with Crippen LogP contribution in [0.2, 0.25) is 0 Å². The first kappa shape index (κ1) is 18.8. The number of hydrogen-bond acceptors (Lipinski definition) is 4. The Balaban J connectivity index is 1.37. The molecule has 1 saturated heterocycles. The molecule has 1 N–H and O–H groups in total. The minimum atomic E-state index is -0.689. The van der Waals surface area contributed by atoms with E-state index in [0.717, 1.165) is 38.8 Å². The third-order valence-corrected chi connectivity index (χ3v) is 7.55. The van der Waals surface area contributed by atoms with Gasteiger partial charge >= 0.3 is 0 Å². The molecule has 6 rings (SSSR count). The molecular formula is C23H30N2O4. The van der Waals surface area contributed by atoms with Crippen LogP contribution in [-0.2, 0) is 4.79 Å². The number of nitrogens with one attached hydrogen (secondary N) is 1. The fourth-order valence-corrected chi connectivity index (χ4v) is 6.04. The smallest absolute Gasteiger partial charge is 0.258 e. The van der Waals surface area contributed by atoms with E-state index in [1.54, 1.807) is 25.3 Å². The van der Waals surface area contributed by atoms with E-state index in [-0.39, 0.29) is 23.7 Å². The van der Waals surface area contributed by atoms with Crippen molar-refractivity contribution in [2.45, 2.75) is 51.2 Å². The van der Waals surface area contributed by atoms with Crippen LogP contribution in [0.3, 0.4) is 0 Å². The summed E-state index contributed by atoms with van der Waals surface area (Å²) in [6, 6.07) is 5.33. The zero-order chi connectivity index (χ0) is 20.2. The molecule has 0 aromatic heterocycles. The number of hydrogen-bond donors (Lipinski definition) is 1. The van der Waals surface area contributed by atoms with Crippen molar-refractivity contribution >= 4 is 11.8 Å². The van der Waals surface area contributed by atoms with E-state index >= 15 is 0 Å². The lowest BCUT2D eigenvalue weighted by atomic mass is 9.59. The number of nitrogens with zero attached hydrogens (tertiary/aromatic N) is 1. The van der Waals surface area contributed by atoms with Crippen molar-refractivity contribution in [3.05, 3.63) is 23.8 Å². The number of amides is 2. The average molecular weight is 399 g/mol.